The van der Waals surface area contributed by atoms with Crippen molar-refractivity contribution in [3.63, 3.8) is 0 Å². The van der Waals surface area contributed by atoms with E-state index in [0.29, 0.717) is 12.1 Å². The van der Waals surface area contributed by atoms with Crippen molar-refractivity contribution >= 4 is 17.4 Å². The van der Waals surface area contributed by atoms with Crippen LogP contribution in [0.25, 0.3) is 0 Å². The number of ether oxygens (including phenoxy) is 1. The molecule has 0 bridgehead atoms. The molecule has 5 heteroatoms. The topological polar surface area (TPSA) is 51.2 Å². The van der Waals surface area contributed by atoms with Crippen molar-refractivity contribution in [3.05, 3.63) is 76.3 Å². The number of carbonyl (C=O) groups excluding carboxylic acids is 1. The third kappa shape index (κ3) is 3.81. The van der Waals surface area contributed by atoms with Crippen molar-refractivity contribution in [1.82, 2.24) is 9.69 Å². The Balaban J connectivity index is 1.59. The number of carbonyl (C=O) groups is 1. The molecule has 2 aromatic carbocycles. The summed E-state index contributed by atoms with van der Waals surface area (Å²) in [4.78, 5) is 13.2. The number of aryl methyl sites for hydroxylation is 2. The molecule has 0 radical (unpaired) electrons. The van der Waals surface area contributed by atoms with E-state index in [0.717, 1.165) is 27.6 Å². The second-order valence-electron chi connectivity index (χ2n) is 5.44. The van der Waals surface area contributed by atoms with Gasteiger partial charge in [-0.3, -0.25) is 4.79 Å². The largest absolute Gasteiger partial charge is 0.457 e. The first-order valence-corrected chi connectivity index (χ1v) is 8.44. The molecule has 1 amide bonds. The van der Waals surface area contributed by atoms with Gasteiger partial charge in [-0.15, -0.1) is 0 Å². The van der Waals surface area contributed by atoms with Gasteiger partial charge in [-0.25, -0.2) is 0 Å². The molecule has 1 N–H and O–H groups in total. The summed E-state index contributed by atoms with van der Waals surface area (Å²) in [6, 6.07) is 17.3. The van der Waals surface area contributed by atoms with Gasteiger partial charge in [-0.2, -0.15) is 4.37 Å². The molecule has 1 aromatic heterocycles. The van der Waals surface area contributed by atoms with Crippen molar-refractivity contribution in [2.45, 2.75) is 20.4 Å². The standard InChI is InChI=1S/C19H18N2O2S/c1-13-18(14(2)24-21-13)19(22)20-12-15-8-10-17(11-9-15)23-16-6-4-3-5-7-16/h3-11H,12H2,1-2H3,(H,20,22). The third-order valence-corrected chi connectivity index (χ3v) is 4.46. The van der Waals surface area contributed by atoms with Gasteiger partial charge in [0, 0.05) is 11.4 Å². The van der Waals surface area contributed by atoms with Gasteiger partial charge in [0.25, 0.3) is 5.91 Å². The Labute approximate surface area is 145 Å². The molecule has 0 spiro atoms. The van der Waals surface area contributed by atoms with E-state index in [2.05, 4.69) is 9.69 Å². The number of para-hydroxylation sites is 1. The molecular formula is C19H18N2O2S. The van der Waals surface area contributed by atoms with Crippen LogP contribution in [0.2, 0.25) is 0 Å². The maximum Gasteiger partial charge on any atom is 0.254 e. The number of nitrogens with zero attached hydrogens (tertiary/aromatic N) is 1. The zero-order valence-electron chi connectivity index (χ0n) is 13.6. The first-order valence-electron chi connectivity index (χ1n) is 7.66. The van der Waals surface area contributed by atoms with Crippen LogP contribution >= 0.6 is 11.5 Å². The van der Waals surface area contributed by atoms with Gasteiger partial charge in [0.1, 0.15) is 11.5 Å². The van der Waals surface area contributed by atoms with Gasteiger partial charge in [0.15, 0.2) is 0 Å². The number of hydrogen-bond acceptors (Lipinski definition) is 4. The summed E-state index contributed by atoms with van der Waals surface area (Å²) in [6.45, 7) is 4.24. The predicted octanol–water partition coefficient (Wildman–Crippen LogP) is 4.48. The van der Waals surface area contributed by atoms with E-state index in [1.165, 1.54) is 11.5 Å². The second kappa shape index (κ2) is 7.27. The lowest BCUT2D eigenvalue weighted by Crippen LogP contribution is -2.23. The zero-order chi connectivity index (χ0) is 16.9. The lowest BCUT2D eigenvalue weighted by molar-refractivity contribution is 0.0950. The Morgan fingerprint density at radius 3 is 2.33 bits per heavy atom. The van der Waals surface area contributed by atoms with Crippen LogP contribution in [0.1, 0.15) is 26.5 Å². The fourth-order valence-corrected chi connectivity index (χ4v) is 3.07. The third-order valence-electron chi connectivity index (χ3n) is 3.62. The molecule has 122 valence electrons. The van der Waals surface area contributed by atoms with E-state index in [4.69, 9.17) is 4.74 Å². The summed E-state index contributed by atoms with van der Waals surface area (Å²) in [5.74, 6) is 1.49. The smallest absolute Gasteiger partial charge is 0.254 e. The molecule has 0 fully saturated rings. The summed E-state index contributed by atoms with van der Waals surface area (Å²) >= 11 is 1.36. The SMILES string of the molecule is Cc1nsc(C)c1C(=O)NCc1ccc(Oc2ccccc2)cc1. The number of rotatable bonds is 5. The molecule has 4 nitrogen and oxygen atoms in total. The Hall–Kier alpha value is -2.66. The molecule has 0 aliphatic carbocycles. The highest BCUT2D eigenvalue weighted by atomic mass is 32.1. The molecule has 3 rings (SSSR count). The van der Waals surface area contributed by atoms with Gasteiger partial charge in [-0.1, -0.05) is 30.3 Å². The molecule has 0 unspecified atom stereocenters. The highest BCUT2D eigenvalue weighted by molar-refractivity contribution is 7.06. The fraction of sp³-hybridized carbons (Fsp3) is 0.158. The van der Waals surface area contributed by atoms with Gasteiger partial charge in [0.05, 0.1) is 11.3 Å². The molecule has 24 heavy (non-hydrogen) atoms. The van der Waals surface area contributed by atoms with E-state index < -0.39 is 0 Å². The normalized spacial score (nSPS) is 10.4. The van der Waals surface area contributed by atoms with Crippen molar-refractivity contribution < 1.29 is 9.53 Å². The van der Waals surface area contributed by atoms with Crippen LogP contribution in [-0.4, -0.2) is 10.3 Å². The van der Waals surface area contributed by atoms with E-state index >= 15 is 0 Å². The average Bonchev–Trinajstić information content (AvgIpc) is 2.94. The summed E-state index contributed by atoms with van der Waals surface area (Å²) in [7, 11) is 0. The summed E-state index contributed by atoms with van der Waals surface area (Å²) in [5.41, 5.74) is 2.48. The maximum absolute atomic E-state index is 12.3. The average molecular weight is 338 g/mol. The molecule has 0 aliphatic heterocycles. The molecule has 3 aromatic rings. The van der Waals surface area contributed by atoms with Crippen molar-refractivity contribution in [2.24, 2.45) is 0 Å². The zero-order valence-corrected chi connectivity index (χ0v) is 14.4. The Morgan fingerprint density at radius 1 is 1.04 bits per heavy atom. The lowest BCUT2D eigenvalue weighted by atomic mass is 10.2. The van der Waals surface area contributed by atoms with E-state index in [1.54, 1.807) is 0 Å². The highest BCUT2D eigenvalue weighted by Gasteiger charge is 2.14. The first-order chi connectivity index (χ1) is 11.6. The van der Waals surface area contributed by atoms with Gasteiger partial charge in [-0.05, 0) is 55.2 Å². The summed E-state index contributed by atoms with van der Waals surface area (Å²) in [6.07, 6.45) is 0. The molecule has 0 saturated heterocycles. The molecular weight excluding hydrogens is 320 g/mol. The number of nitrogens with one attached hydrogen (secondary N) is 1. The van der Waals surface area contributed by atoms with E-state index in [-0.39, 0.29) is 5.91 Å². The maximum atomic E-state index is 12.3. The predicted molar refractivity (Wildman–Crippen MR) is 95.7 cm³/mol. The van der Waals surface area contributed by atoms with Crippen LogP contribution in [0.5, 0.6) is 11.5 Å². The minimum absolute atomic E-state index is 0.0802. The van der Waals surface area contributed by atoms with Crippen LogP contribution in [0.4, 0.5) is 0 Å². The number of hydrogen-bond donors (Lipinski definition) is 1. The number of aromatic nitrogens is 1. The summed E-state index contributed by atoms with van der Waals surface area (Å²) in [5, 5.41) is 2.94. The highest BCUT2D eigenvalue weighted by Crippen LogP contribution is 2.21. The first kappa shape index (κ1) is 16.2. The minimum atomic E-state index is -0.0802. The lowest BCUT2D eigenvalue weighted by Gasteiger charge is -2.08. The van der Waals surface area contributed by atoms with E-state index in [1.807, 2.05) is 68.4 Å². The van der Waals surface area contributed by atoms with Gasteiger partial charge < -0.3 is 10.1 Å². The van der Waals surface area contributed by atoms with Gasteiger partial charge >= 0.3 is 0 Å². The van der Waals surface area contributed by atoms with Crippen molar-refractivity contribution in [3.8, 4) is 11.5 Å². The van der Waals surface area contributed by atoms with Crippen LogP contribution in [-0.2, 0) is 6.54 Å². The molecule has 1 heterocycles. The molecule has 0 aliphatic rings. The minimum Gasteiger partial charge on any atom is -0.457 e. The van der Waals surface area contributed by atoms with E-state index in [9.17, 15) is 4.79 Å². The monoisotopic (exact) mass is 338 g/mol. The quantitative estimate of drug-likeness (QED) is 0.746. The Morgan fingerprint density at radius 2 is 1.71 bits per heavy atom. The number of benzene rings is 2. The number of amides is 1. The van der Waals surface area contributed by atoms with Crippen molar-refractivity contribution in [1.29, 1.82) is 0 Å². The molecule has 0 saturated carbocycles. The van der Waals surface area contributed by atoms with Crippen molar-refractivity contribution in [2.75, 3.05) is 0 Å². The Kier molecular flexibility index (Phi) is 4.91. The van der Waals surface area contributed by atoms with Crippen LogP contribution in [0.3, 0.4) is 0 Å². The fourth-order valence-electron chi connectivity index (χ4n) is 2.38. The Bertz CT molecular complexity index is 807. The summed E-state index contributed by atoms with van der Waals surface area (Å²) < 4.78 is 9.96. The molecule has 0 atom stereocenters. The van der Waals surface area contributed by atoms with Crippen LogP contribution in [0, 0.1) is 13.8 Å². The second-order valence-corrected chi connectivity index (χ2v) is 6.42. The van der Waals surface area contributed by atoms with Crippen LogP contribution < -0.4 is 10.1 Å². The van der Waals surface area contributed by atoms with Crippen LogP contribution in [0.15, 0.2) is 54.6 Å². The van der Waals surface area contributed by atoms with Gasteiger partial charge in [0.2, 0.25) is 0 Å².